The minimum Gasteiger partial charge on any atom is -0.491 e. The van der Waals surface area contributed by atoms with E-state index in [-0.39, 0.29) is 18.1 Å². The van der Waals surface area contributed by atoms with E-state index in [1.807, 2.05) is 56.8 Å². The molecule has 1 aliphatic rings. The van der Waals surface area contributed by atoms with Crippen molar-refractivity contribution in [3.8, 4) is 5.75 Å². The van der Waals surface area contributed by atoms with Crippen LogP contribution < -0.4 is 15.4 Å². The fourth-order valence-electron chi connectivity index (χ4n) is 2.47. The topological polar surface area (TPSA) is 50.4 Å². The molecule has 1 aliphatic heterocycles. The largest absolute Gasteiger partial charge is 0.491 e. The lowest BCUT2D eigenvalue weighted by Crippen LogP contribution is -2.41. The summed E-state index contributed by atoms with van der Waals surface area (Å²) in [6.45, 7) is 7.03. The Labute approximate surface area is 137 Å². The summed E-state index contributed by atoms with van der Waals surface area (Å²) in [5.74, 6) is 3.12. The molecule has 2 atom stereocenters. The molecule has 0 bridgehead atoms. The standard InChI is InChI=1S/C17H26N2O2S/c1-12(2)21-16-6-4-14(5-7-16)13(3)19-17(20)10-15-11-22-9-8-18-15/h4-7,12-13,15,18H,8-11H2,1-3H3,(H,19,20). The van der Waals surface area contributed by atoms with Gasteiger partial charge in [0, 0.05) is 30.5 Å². The Morgan fingerprint density at radius 2 is 2.09 bits per heavy atom. The van der Waals surface area contributed by atoms with Crippen molar-refractivity contribution in [1.82, 2.24) is 10.6 Å². The highest BCUT2D eigenvalue weighted by atomic mass is 32.2. The highest BCUT2D eigenvalue weighted by molar-refractivity contribution is 7.99. The SMILES string of the molecule is CC(C)Oc1ccc(C(C)NC(=O)CC2CSCCN2)cc1. The van der Waals surface area contributed by atoms with Gasteiger partial charge in [0.25, 0.3) is 0 Å². The summed E-state index contributed by atoms with van der Waals surface area (Å²) in [4.78, 5) is 12.1. The van der Waals surface area contributed by atoms with Gasteiger partial charge in [-0.05, 0) is 38.5 Å². The molecule has 2 N–H and O–H groups in total. The van der Waals surface area contributed by atoms with Crippen LogP contribution in [0.4, 0.5) is 0 Å². The molecule has 4 nitrogen and oxygen atoms in total. The van der Waals surface area contributed by atoms with Gasteiger partial charge in [-0.3, -0.25) is 4.79 Å². The van der Waals surface area contributed by atoms with Gasteiger partial charge in [0.15, 0.2) is 0 Å². The minimum atomic E-state index is 0.0110. The molecule has 1 aromatic carbocycles. The Morgan fingerprint density at radius 1 is 1.36 bits per heavy atom. The molecule has 0 aromatic heterocycles. The van der Waals surface area contributed by atoms with Crippen LogP contribution in [0.3, 0.4) is 0 Å². The summed E-state index contributed by atoms with van der Waals surface area (Å²) in [5, 5.41) is 6.47. The summed E-state index contributed by atoms with van der Waals surface area (Å²) in [7, 11) is 0. The number of benzene rings is 1. The van der Waals surface area contributed by atoms with Crippen LogP contribution in [0.2, 0.25) is 0 Å². The smallest absolute Gasteiger partial charge is 0.222 e. The Hall–Kier alpha value is -1.20. The predicted molar refractivity (Wildman–Crippen MR) is 92.5 cm³/mol. The van der Waals surface area contributed by atoms with Crippen molar-refractivity contribution in [3.05, 3.63) is 29.8 Å². The number of hydrogen-bond acceptors (Lipinski definition) is 4. The summed E-state index contributed by atoms with van der Waals surface area (Å²) < 4.78 is 5.63. The monoisotopic (exact) mass is 322 g/mol. The van der Waals surface area contributed by atoms with Crippen molar-refractivity contribution in [1.29, 1.82) is 0 Å². The van der Waals surface area contributed by atoms with Crippen molar-refractivity contribution < 1.29 is 9.53 Å². The number of thioether (sulfide) groups is 1. The number of rotatable bonds is 6. The van der Waals surface area contributed by atoms with Gasteiger partial charge in [0.1, 0.15) is 5.75 Å². The average molecular weight is 322 g/mol. The summed E-state index contributed by atoms with van der Waals surface area (Å²) in [5.41, 5.74) is 1.09. The van der Waals surface area contributed by atoms with Gasteiger partial charge in [-0.1, -0.05) is 12.1 Å². The van der Waals surface area contributed by atoms with E-state index < -0.39 is 0 Å². The highest BCUT2D eigenvalue weighted by Crippen LogP contribution is 2.19. The van der Waals surface area contributed by atoms with Gasteiger partial charge >= 0.3 is 0 Å². The fourth-order valence-corrected chi connectivity index (χ4v) is 3.41. The van der Waals surface area contributed by atoms with Crippen LogP contribution in [0.15, 0.2) is 24.3 Å². The zero-order valence-corrected chi connectivity index (χ0v) is 14.4. The quantitative estimate of drug-likeness (QED) is 0.845. The molecule has 0 radical (unpaired) electrons. The minimum absolute atomic E-state index is 0.0110. The van der Waals surface area contributed by atoms with E-state index in [9.17, 15) is 4.79 Å². The van der Waals surface area contributed by atoms with Crippen molar-refractivity contribution in [2.24, 2.45) is 0 Å². The van der Waals surface area contributed by atoms with E-state index in [1.165, 1.54) is 0 Å². The van der Waals surface area contributed by atoms with Crippen LogP contribution in [0.5, 0.6) is 5.75 Å². The van der Waals surface area contributed by atoms with Crippen molar-refractivity contribution in [2.75, 3.05) is 18.1 Å². The first-order chi connectivity index (χ1) is 10.5. The third kappa shape index (κ3) is 5.54. The van der Waals surface area contributed by atoms with E-state index in [4.69, 9.17) is 4.74 Å². The number of hydrogen-bond donors (Lipinski definition) is 2. The van der Waals surface area contributed by atoms with Crippen molar-refractivity contribution in [3.63, 3.8) is 0 Å². The third-order valence-corrected chi connectivity index (χ3v) is 4.69. The second-order valence-corrected chi connectivity index (χ2v) is 7.10. The Morgan fingerprint density at radius 3 is 2.68 bits per heavy atom. The zero-order chi connectivity index (χ0) is 15.9. The number of carbonyl (C=O) groups is 1. The molecule has 2 rings (SSSR count). The Balaban J connectivity index is 1.82. The van der Waals surface area contributed by atoms with Crippen LogP contribution in [0.25, 0.3) is 0 Å². The Bertz CT molecular complexity index is 470. The fraction of sp³-hybridized carbons (Fsp3) is 0.588. The number of amides is 1. The molecule has 122 valence electrons. The van der Waals surface area contributed by atoms with Gasteiger partial charge in [0.2, 0.25) is 5.91 Å². The van der Waals surface area contributed by atoms with Gasteiger partial charge in [-0.15, -0.1) is 0 Å². The summed E-state index contributed by atoms with van der Waals surface area (Å²) >= 11 is 1.91. The van der Waals surface area contributed by atoms with Gasteiger partial charge in [0.05, 0.1) is 12.1 Å². The van der Waals surface area contributed by atoms with Crippen LogP contribution in [-0.4, -0.2) is 36.1 Å². The molecule has 1 fully saturated rings. The maximum absolute atomic E-state index is 12.1. The molecular formula is C17H26N2O2S. The molecular weight excluding hydrogens is 296 g/mol. The number of nitrogens with one attached hydrogen (secondary N) is 2. The van der Waals surface area contributed by atoms with E-state index in [1.54, 1.807) is 0 Å². The average Bonchev–Trinajstić information content (AvgIpc) is 2.48. The maximum Gasteiger partial charge on any atom is 0.222 e. The normalized spacial score (nSPS) is 19.7. The molecule has 0 saturated carbocycles. The van der Waals surface area contributed by atoms with Crippen LogP contribution >= 0.6 is 11.8 Å². The van der Waals surface area contributed by atoms with Crippen LogP contribution in [0, 0.1) is 0 Å². The zero-order valence-electron chi connectivity index (χ0n) is 13.6. The second kappa shape index (κ2) is 8.44. The Kier molecular flexibility index (Phi) is 6.58. The van der Waals surface area contributed by atoms with Crippen LogP contribution in [-0.2, 0) is 4.79 Å². The number of ether oxygens (including phenoxy) is 1. The van der Waals surface area contributed by atoms with Crippen molar-refractivity contribution >= 4 is 17.7 Å². The predicted octanol–water partition coefficient (Wildman–Crippen LogP) is 2.75. The molecule has 1 aromatic rings. The van der Waals surface area contributed by atoms with Gasteiger partial charge in [-0.2, -0.15) is 11.8 Å². The lowest BCUT2D eigenvalue weighted by molar-refractivity contribution is -0.122. The first kappa shape index (κ1) is 17.2. The lowest BCUT2D eigenvalue weighted by Gasteiger charge is -2.23. The second-order valence-electron chi connectivity index (χ2n) is 5.95. The molecule has 0 aliphatic carbocycles. The lowest BCUT2D eigenvalue weighted by atomic mass is 10.1. The molecule has 0 spiro atoms. The molecule has 5 heteroatoms. The molecule has 2 unspecified atom stereocenters. The molecule has 22 heavy (non-hydrogen) atoms. The van der Waals surface area contributed by atoms with Crippen molar-refractivity contribution in [2.45, 2.75) is 45.4 Å². The summed E-state index contributed by atoms with van der Waals surface area (Å²) in [6.07, 6.45) is 0.718. The third-order valence-electron chi connectivity index (χ3n) is 3.56. The van der Waals surface area contributed by atoms with Gasteiger partial charge in [-0.25, -0.2) is 0 Å². The highest BCUT2D eigenvalue weighted by Gasteiger charge is 2.18. The van der Waals surface area contributed by atoms with E-state index >= 15 is 0 Å². The molecule has 1 amide bonds. The van der Waals surface area contributed by atoms with E-state index in [0.29, 0.717) is 12.5 Å². The maximum atomic E-state index is 12.1. The number of carbonyl (C=O) groups excluding carboxylic acids is 1. The van der Waals surface area contributed by atoms with E-state index in [2.05, 4.69) is 10.6 Å². The summed E-state index contributed by atoms with van der Waals surface area (Å²) in [6, 6.07) is 8.24. The first-order valence-corrected chi connectivity index (χ1v) is 9.07. The molecule has 1 heterocycles. The first-order valence-electron chi connectivity index (χ1n) is 7.91. The van der Waals surface area contributed by atoms with E-state index in [0.717, 1.165) is 29.4 Å². The van der Waals surface area contributed by atoms with Crippen LogP contribution in [0.1, 0.15) is 38.8 Å². The van der Waals surface area contributed by atoms with Gasteiger partial charge < -0.3 is 15.4 Å². The molecule has 1 saturated heterocycles.